The van der Waals surface area contributed by atoms with Crippen LogP contribution >= 0.6 is 45.3 Å². The Morgan fingerprint density at radius 3 is 0.929 bits per heavy atom. The Morgan fingerprint density at radius 1 is 0.262 bits per heavy atom. The maximum absolute atomic E-state index is 2.37. The molecule has 0 bridgehead atoms. The van der Waals surface area contributed by atoms with E-state index < -0.39 is 0 Å². The molecule has 0 aliphatic heterocycles. The van der Waals surface area contributed by atoms with Gasteiger partial charge in [-0.2, -0.15) is 0 Å². The van der Waals surface area contributed by atoms with Crippen LogP contribution in [0.1, 0.15) is 0 Å². The molecular weight excluding hydrogens is 585 g/mol. The van der Waals surface area contributed by atoms with Crippen molar-refractivity contribution in [1.29, 1.82) is 0 Å². The highest BCUT2D eigenvalue weighted by atomic mass is 32.1. The van der Waals surface area contributed by atoms with Gasteiger partial charge in [-0.25, -0.2) is 0 Å². The van der Waals surface area contributed by atoms with Gasteiger partial charge in [-0.05, 0) is 92.3 Å². The molecule has 0 saturated heterocycles. The van der Waals surface area contributed by atoms with Gasteiger partial charge in [-0.15, -0.1) is 45.3 Å². The second kappa shape index (κ2) is 9.75. The summed E-state index contributed by atoms with van der Waals surface area (Å²) in [5.74, 6) is 0. The van der Waals surface area contributed by atoms with Crippen molar-refractivity contribution in [3.63, 3.8) is 0 Å². The quantitative estimate of drug-likeness (QED) is 0.187. The predicted molar refractivity (Wildman–Crippen MR) is 190 cm³/mol. The van der Waals surface area contributed by atoms with Gasteiger partial charge in [-0.1, -0.05) is 84.9 Å². The van der Waals surface area contributed by atoms with Crippen LogP contribution in [-0.2, 0) is 0 Å². The number of hydrogen-bond acceptors (Lipinski definition) is 4. The monoisotopic (exact) mass is 606 g/mol. The zero-order valence-electron chi connectivity index (χ0n) is 22.3. The van der Waals surface area contributed by atoms with Crippen molar-refractivity contribution in [3.05, 3.63) is 133 Å². The molecule has 0 aliphatic rings. The smallest absolute Gasteiger partial charge is 0.0356 e. The number of fused-ring (bicyclic) bond motifs is 4. The number of hydrogen-bond donors (Lipinski definition) is 0. The molecule has 4 heteroatoms. The summed E-state index contributed by atoms with van der Waals surface area (Å²) in [6.45, 7) is 0. The molecule has 5 aromatic carbocycles. The van der Waals surface area contributed by atoms with Gasteiger partial charge >= 0.3 is 0 Å². The molecule has 0 N–H and O–H groups in total. The Bertz CT molecular complexity index is 2110. The summed E-state index contributed by atoms with van der Waals surface area (Å²) in [7, 11) is 0. The average molecular weight is 607 g/mol. The molecule has 0 amide bonds. The van der Waals surface area contributed by atoms with E-state index in [4.69, 9.17) is 0 Å². The van der Waals surface area contributed by atoms with E-state index in [0.717, 1.165) is 0 Å². The molecule has 0 saturated carbocycles. The SMILES string of the molecule is c1ccc2sc(-c3ccc(-c4cc5cc6sc(-c7ccc(-c8cc9ccccc9s8)cc7)cc6cc5s4)cc3)cc2c1. The van der Waals surface area contributed by atoms with Crippen molar-refractivity contribution in [1.82, 2.24) is 0 Å². The van der Waals surface area contributed by atoms with E-state index in [-0.39, 0.29) is 0 Å². The highest BCUT2D eigenvalue weighted by Crippen LogP contribution is 2.42. The van der Waals surface area contributed by atoms with Gasteiger partial charge in [0.25, 0.3) is 0 Å². The molecular formula is C38H22S4. The Balaban J connectivity index is 0.995. The molecule has 0 aliphatic carbocycles. The van der Waals surface area contributed by atoms with E-state index in [1.807, 2.05) is 45.3 Å². The largest absolute Gasteiger partial charge is 0.135 e. The molecule has 0 atom stereocenters. The van der Waals surface area contributed by atoms with Crippen molar-refractivity contribution in [2.24, 2.45) is 0 Å². The van der Waals surface area contributed by atoms with Crippen LogP contribution in [-0.4, -0.2) is 0 Å². The minimum absolute atomic E-state index is 1.28. The molecule has 9 aromatic rings. The Kier molecular flexibility index (Phi) is 5.70. The van der Waals surface area contributed by atoms with Crippen LogP contribution in [0.4, 0.5) is 0 Å². The van der Waals surface area contributed by atoms with Crippen molar-refractivity contribution < 1.29 is 0 Å². The highest BCUT2D eigenvalue weighted by Gasteiger charge is 2.11. The lowest BCUT2D eigenvalue weighted by Crippen LogP contribution is -1.74. The molecule has 0 radical (unpaired) electrons. The third kappa shape index (κ3) is 4.22. The second-order valence-electron chi connectivity index (χ2n) is 10.6. The molecule has 0 nitrogen and oxygen atoms in total. The van der Waals surface area contributed by atoms with Crippen LogP contribution in [0.25, 0.3) is 82.1 Å². The summed E-state index contributed by atoms with van der Waals surface area (Å²) in [4.78, 5) is 5.29. The lowest BCUT2D eigenvalue weighted by Gasteiger charge is -2.00. The molecule has 0 spiro atoms. The first-order valence-electron chi connectivity index (χ1n) is 13.9. The van der Waals surface area contributed by atoms with E-state index in [9.17, 15) is 0 Å². The van der Waals surface area contributed by atoms with Gasteiger partial charge in [0.1, 0.15) is 0 Å². The van der Waals surface area contributed by atoms with Crippen LogP contribution in [0, 0.1) is 0 Å². The van der Waals surface area contributed by atoms with Crippen LogP contribution in [0.3, 0.4) is 0 Å². The van der Waals surface area contributed by atoms with E-state index in [0.29, 0.717) is 0 Å². The van der Waals surface area contributed by atoms with Gasteiger partial charge in [0.05, 0.1) is 0 Å². The van der Waals surface area contributed by atoms with Crippen molar-refractivity contribution in [2.75, 3.05) is 0 Å². The van der Waals surface area contributed by atoms with E-state index >= 15 is 0 Å². The first-order chi connectivity index (χ1) is 20.7. The van der Waals surface area contributed by atoms with Crippen LogP contribution in [0.5, 0.6) is 0 Å². The summed E-state index contributed by atoms with van der Waals surface area (Å²) in [5.41, 5.74) is 5.13. The molecule has 0 fully saturated rings. The fourth-order valence-corrected chi connectivity index (χ4v) is 10.0. The zero-order valence-corrected chi connectivity index (χ0v) is 25.6. The first kappa shape index (κ1) is 24.5. The maximum Gasteiger partial charge on any atom is 0.0356 e. The molecule has 4 aromatic heterocycles. The third-order valence-corrected chi connectivity index (χ3v) is 12.5. The summed E-state index contributed by atoms with van der Waals surface area (Å²) in [6, 6.07) is 49.4. The van der Waals surface area contributed by atoms with E-state index in [1.54, 1.807) is 0 Å². The maximum atomic E-state index is 2.37. The van der Waals surface area contributed by atoms with Gasteiger partial charge in [0, 0.05) is 38.3 Å². The fraction of sp³-hybridized carbons (Fsp3) is 0. The minimum Gasteiger partial charge on any atom is -0.135 e. The molecule has 42 heavy (non-hydrogen) atoms. The van der Waals surface area contributed by atoms with Crippen LogP contribution < -0.4 is 0 Å². The first-order valence-corrected chi connectivity index (χ1v) is 17.2. The lowest BCUT2D eigenvalue weighted by molar-refractivity contribution is 1.69. The van der Waals surface area contributed by atoms with Gasteiger partial charge in [0.2, 0.25) is 0 Å². The predicted octanol–water partition coefficient (Wildman–Crippen LogP) is 13.2. The number of rotatable bonds is 4. The van der Waals surface area contributed by atoms with Gasteiger partial charge in [-0.3, -0.25) is 0 Å². The molecule has 198 valence electrons. The number of benzene rings is 5. The topological polar surface area (TPSA) is 0 Å². The lowest BCUT2D eigenvalue weighted by atomic mass is 10.1. The van der Waals surface area contributed by atoms with Crippen molar-refractivity contribution >= 4 is 85.7 Å². The highest BCUT2D eigenvalue weighted by molar-refractivity contribution is 7.24. The molecule has 0 unspecified atom stereocenters. The number of thiophene rings is 4. The summed E-state index contributed by atoms with van der Waals surface area (Å²) >= 11 is 7.49. The molecule has 9 rings (SSSR count). The third-order valence-electron chi connectivity index (χ3n) is 7.91. The summed E-state index contributed by atoms with van der Waals surface area (Å²) in [6.07, 6.45) is 0. The van der Waals surface area contributed by atoms with Crippen molar-refractivity contribution in [2.45, 2.75) is 0 Å². The van der Waals surface area contributed by atoms with Gasteiger partial charge in [0.15, 0.2) is 0 Å². The summed E-state index contributed by atoms with van der Waals surface area (Å²) in [5, 5.41) is 5.28. The normalized spacial score (nSPS) is 11.8. The van der Waals surface area contributed by atoms with Crippen LogP contribution in [0.2, 0.25) is 0 Å². The Labute approximate surface area is 259 Å². The average Bonchev–Trinajstić information content (AvgIpc) is 3.83. The Morgan fingerprint density at radius 2 is 0.571 bits per heavy atom. The van der Waals surface area contributed by atoms with Gasteiger partial charge < -0.3 is 0 Å². The van der Waals surface area contributed by atoms with E-state index in [1.165, 1.54) is 82.1 Å². The zero-order chi connectivity index (χ0) is 27.6. The Hall–Kier alpha value is -4.06. The summed E-state index contributed by atoms with van der Waals surface area (Å²) < 4.78 is 5.37. The second-order valence-corrected chi connectivity index (χ2v) is 14.9. The van der Waals surface area contributed by atoms with Crippen molar-refractivity contribution in [3.8, 4) is 41.8 Å². The van der Waals surface area contributed by atoms with E-state index in [2.05, 4.69) is 133 Å². The molecule has 4 heterocycles. The minimum atomic E-state index is 1.28. The fourth-order valence-electron chi connectivity index (χ4n) is 5.70. The standard InChI is InChI=1S/C38H22S4/c1-3-7-31-27(5-1)17-33(39-31)23-9-13-25(14-10-23)35-19-29-21-38-30(22-37(29)41-35)20-36(42-38)26-15-11-24(12-16-26)34-18-28-6-2-4-8-32(28)40-34/h1-22H. The van der Waals surface area contributed by atoms with Crippen LogP contribution in [0.15, 0.2) is 133 Å².